The van der Waals surface area contributed by atoms with Gasteiger partial charge in [0.15, 0.2) is 6.61 Å². The summed E-state index contributed by atoms with van der Waals surface area (Å²) in [5.41, 5.74) is 1.32. The Bertz CT molecular complexity index is 1590. The number of likely N-dealkylation sites (tertiary alicyclic amines) is 1. The van der Waals surface area contributed by atoms with Crippen LogP contribution in [0.15, 0.2) is 24.3 Å². The smallest absolute Gasteiger partial charge is 0.409 e. The first kappa shape index (κ1) is 35.4. The van der Waals surface area contributed by atoms with Crippen LogP contribution in [-0.2, 0) is 30.3 Å². The molecular weight excluding hydrogens is 636 g/mol. The second-order valence-electron chi connectivity index (χ2n) is 12.5. The number of ether oxygens (including phenoxy) is 2. The summed E-state index contributed by atoms with van der Waals surface area (Å²) in [5.74, 6) is -2.59. The van der Waals surface area contributed by atoms with Crippen LogP contribution < -0.4 is 15.4 Å². The SMILES string of the molecule is CCOC(=O)N1CCN(C(=O)C(CCC(=O)O)NC(=O)c2cc(OCC(=O)N3CCCC3C(=O)NC3CC3)c3ccc(CC)cc3n2)CC1. The van der Waals surface area contributed by atoms with Gasteiger partial charge in [-0.15, -0.1) is 0 Å². The number of carbonyl (C=O) groups excluding carboxylic acids is 5. The number of pyridine rings is 1. The van der Waals surface area contributed by atoms with Crippen molar-refractivity contribution in [2.45, 2.75) is 76.9 Å². The van der Waals surface area contributed by atoms with Crippen LogP contribution in [0, 0.1) is 0 Å². The van der Waals surface area contributed by atoms with Gasteiger partial charge in [0.2, 0.25) is 11.8 Å². The van der Waals surface area contributed by atoms with Crippen LogP contribution in [0.4, 0.5) is 4.79 Å². The Morgan fingerprint density at radius 3 is 2.39 bits per heavy atom. The maximum Gasteiger partial charge on any atom is 0.409 e. The fourth-order valence-electron chi connectivity index (χ4n) is 6.08. The molecule has 2 saturated heterocycles. The molecule has 0 bridgehead atoms. The molecule has 0 radical (unpaired) electrons. The molecule has 5 rings (SSSR count). The molecule has 3 heterocycles. The molecule has 15 heteroatoms. The fourth-order valence-corrected chi connectivity index (χ4v) is 6.08. The molecule has 1 aromatic carbocycles. The Morgan fingerprint density at radius 2 is 1.71 bits per heavy atom. The predicted molar refractivity (Wildman–Crippen MR) is 176 cm³/mol. The van der Waals surface area contributed by atoms with Gasteiger partial charge in [0.25, 0.3) is 11.8 Å². The summed E-state index contributed by atoms with van der Waals surface area (Å²) < 4.78 is 11.1. The molecule has 1 aliphatic carbocycles. The van der Waals surface area contributed by atoms with Gasteiger partial charge in [0.05, 0.1) is 12.1 Å². The molecule has 264 valence electrons. The topological polar surface area (TPSA) is 188 Å². The zero-order valence-electron chi connectivity index (χ0n) is 27.9. The zero-order chi connectivity index (χ0) is 35.1. The molecule has 3 N–H and O–H groups in total. The van der Waals surface area contributed by atoms with E-state index in [4.69, 9.17) is 9.47 Å². The summed E-state index contributed by atoms with van der Waals surface area (Å²) in [6, 6.07) is 5.39. The minimum Gasteiger partial charge on any atom is -0.483 e. The van der Waals surface area contributed by atoms with Crippen LogP contribution in [0.25, 0.3) is 10.9 Å². The van der Waals surface area contributed by atoms with Crippen molar-refractivity contribution in [1.29, 1.82) is 0 Å². The van der Waals surface area contributed by atoms with Crippen LogP contribution >= 0.6 is 0 Å². The van der Waals surface area contributed by atoms with E-state index in [9.17, 15) is 33.9 Å². The van der Waals surface area contributed by atoms with Crippen LogP contribution in [0.3, 0.4) is 0 Å². The van der Waals surface area contributed by atoms with E-state index in [2.05, 4.69) is 15.6 Å². The number of piperazine rings is 1. The van der Waals surface area contributed by atoms with E-state index in [0.29, 0.717) is 36.7 Å². The van der Waals surface area contributed by atoms with Crippen LogP contribution in [0.1, 0.15) is 68.4 Å². The molecule has 15 nitrogen and oxygen atoms in total. The molecule has 3 aliphatic rings. The average Bonchev–Trinajstić information content (AvgIpc) is 3.78. The number of hydrogen-bond donors (Lipinski definition) is 3. The number of fused-ring (bicyclic) bond motifs is 1. The highest BCUT2D eigenvalue weighted by molar-refractivity contribution is 5.99. The highest BCUT2D eigenvalue weighted by Crippen LogP contribution is 2.28. The van der Waals surface area contributed by atoms with Crippen molar-refractivity contribution in [2.75, 3.05) is 45.9 Å². The van der Waals surface area contributed by atoms with E-state index in [1.165, 1.54) is 20.8 Å². The Kier molecular flexibility index (Phi) is 11.5. The minimum absolute atomic E-state index is 0.0775. The number of aryl methyl sites for hydroxylation is 1. The number of benzene rings is 1. The molecule has 2 unspecified atom stereocenters. The van der Waals surface area contributed by atoms with E-state index >= 15 is 0 Å². The van der Waals surface area contributed by atoms with Crippen LogP contribution in [-0.4, -0.2) is 125 Å². The van der Waals surface area contributed by atoms with Gasteiger partial charge in [-0.1, -0.05) is 13.0 Å². The summed E-state index contributed by atoms with van der Waals surface area (Å²) in [7, 11) is 0. The van der Waals surface area contributed by atoms with Crippen molar-refractivity contribution in [1.82, 2.24) is 30.3 Å². The fraction of sp³-hybridized carbons (Fsp3) is 0.559. The first-order chi connectivity index (χ1) is 23.6. The third kappa shape index (κ3) is 8.95. The zero-order valence-corrected chi connectivity index (χ0v) is 27.9. The summed E-state index contributed by atoms with van der Waals surface area (Å²) in [4.78, 5) is 85.9. The molecule has 3 fully saturated rings. The van der Waals surface area contributed by atoms with Gasteiger partial charge in [0.1, 0.15) is 23.5 Å². The molecule has 2 aliphatic heterocycles. The van der Waals surface area contributed by atoms with Gasteiger partial charge in [-0.2, -0.15) is 0 Å². The molecular formula is C34H44N6O9. The van der Waals surface area contributed by atoms with Crippen LogP contribution in [0.5, 0.6) is 5.75 Å². The maximum absolute atomic E-state index is 13.7. The monoisotopic (exact) mass is 680 g/mol. The third-order valence-electron chi connectivity index (χ3n) is 9.00. The lowest BCUT2D eigenvalue weighted by atomic mass is 10.1. The number of carboxylic acid groups (broad SMARTS) is 1. The first-order valence-corrected chi connectivity index (χ1v) is 17.0. The highest BCUT2D eigenvalue weighted by atomic mass is 16.6. The summed E-state index contributed by atoms with van der Waals surface area (Å²) in [5, 5.41) is 15.6. The van der Waals surface area contributed by atoms with Crippen molar-refractivity contribution >= 4 is 46.6 Å². The molecule has 0 spiro atoms. The summed E-state index contributed by atoms with van der Waals surface area (Å²) >= 11 is 0. The number of hydrogen-bond acceptors (Lipinski definition) is 9. The Morgan fingerprint density at radius 1 is 0.980 bits per heavy atom. The molecule has 49 heavy (non-hydrogen) atoms. The molecule has 1 aromatic heterocycles. The van der Waals surface area contributed by atoms with Crippen molar-refractivity contribution in [3.63, 3.8) is 0 Å². The lowest BCUT2D eigenvalue weighted by Crippen LogP contribution is -2.56. The van der Waals surface area contributed by atoms with E-state index in [0.717, 1.165) is 18.4 Å². The minimum atomic E-state index is -1.17. The maximum atomic E-state index is 13.7. The van der Waals surface area contributed by atoms with Gasteiger partial charge in [-0.05, 0) is 63.1 Å². The Hall–Kier alpha value is -4.95. The largest absolute Gasteiger partial charge is 0.483 e. The Labute approximate surface area is 284 Å². The van der Waals surface area contributed by atoms with Gasteiger partial charge in [0, 0.05) is 56.6 Å². The second kappa shape index (κ2) is 16.0. The third-order valence-corrected chi connectivity index (χ3v) is 9.00. The number of carboxylic acids is 1. The number of rotatable bonds is 13. The van der Waals surface area contributed by atoms with Gasteiger partial charge in [-0.25, -0.2) is 9.78 Å². The lowest BCUT2D eigenvalue weighted by molar-refractivity contribution is -0.140. The van der Waals surface area contributed by atoms with E-state index in [1.54, 1.807) is 13.0 Å². The number of aromatic nitrogens is 1. The first-order valence-electron chi connectivity index (χ1n) is 17.0. The lowest BCUT2D eigenvalue weighted by Gasteiger charge is -2.35. The highest BCUT2D eigenvalue weighted by Gasteiger charge is 2.37. The molecule has 2 aromatic rings. The normalized spacial score (nSPS) is 18.2. The van der Waals surface area contributed by atoms with E-state index < -0.39 is 36.0 Å². The van der Waals surface area contributed by atoms with E-state index in [1.807, 2.05) is 19.1 Å². The van der Waals surface area contributed by atoms with Crippen molar-refractivity contribution in [3.05, 3.63) is 35.5 Å². The number of nitrogens with zero attached hydrogens (tertiary/aromatic N) is 4. The quantitative estimate of drug-likeness (QED) is 0.281. The molecule has 2 atom stereocenters. The molecule has 1 saturated carbocycles. The van der Waals surface area contributed by atoms with Crippen molar-refractivity contribution in [3.8, 4) is 5.75 Å². The van der Waals surface area contributed by atoms with Crippen LogP contribution in [0.2, 0.25) is 0 Å². The van der Waals surface area contributed by atoms with Gasteiger partial charge < -0.3 is 39.9 Å². The van der Waals surface area contributed by atoms with Crippen molar-refractivity contribution < 1.29 is 43.3 Å². The van der Waals surface area contributed by atoms with Crippen molar-refractivity contribution in [2.24, 2.45) is 0 Å². The predicted octanol–water partition coefficient (Wildman–Crippen LogP) is 1.71. The Balaban J connectivity index is 1.32. The number of aliphatic carboxylic acids is 1. The van der Waals surface area contributed by atoms with Gasteiger partial charge >= 0.3 is 12.1 Å². The summed E-state index contributed by atoms with van der Waals surface area (Å²) in [6.45, 7) is 4.85. The van der Waals surface area contributed by atoms with E-state index in [-0.39, 0.29) is 81.5 Å². The number of carbonyl (C=O) groups is 6. The summed E-state index contributed by atoms with van der Waals surface area (Å²) in [6.07, 6.45) is 2.89. The number of nitrogens with one attached hydrogen (secondary N) is 2. The molecule has 5 amide bonds. The van der Waals surface area contributed by atoms with Gasteiger partial charge in [-0.3, -0.25) is 24.0 Å². The standard InChI is InChI=1S/C34H44N6O9/c1-3-21-7-10-23-25(18-21)36-26(19-28(23)49-20-29(41)40-13-5-6-27(40)32(45)35-22-8-9-22)31(44)37-24(11-12-30(42)43)33(46)38-14-16-39(17-15-38)34(47)48-4-2/h7,10,18-19,22,24,27H,3-6,8-9,11-17,20H2,1-2H3,(H,35,45)(H,37,44)(H,42,43). The second-order valence-corrected chi connectivity index (χ2v) is 12.5. The average molecular weight is 681 g/mol. The number of amides is 5.